The Bertz CT molecular complexity index is 683. The van der Waals surface area contributed by atoms with E-state index < -0.39 is 5.91 Å². The fourth-order valence-corrected chi connectivity index (χ4v) is 2.32. The van der Waals surface area contributed by atoms with Gasteiger partial charge in [-0.05, 0) is 58.7 Å². The summed E-state index contributed by atoms with van der Waals surface area (Å²) in [6, 6.07) is 11.9. The van der Waals surface area contributed by atoms with E-state index in [2.05, 4.69) is 21.2 Å². The summed E-state index contributed by atoms with van der Waals surface area (Å²) in [5, 5.41) is 2.78. The molecule has 0 atom stereocenters. The number of hydrogen-bond donors (Lipinski definition) is 2. The molecule has 2 aromatic carbocycles. The van der Waals surface area contributed by atoms with E-state index in [1.54, 1.807) is 18.2 Å². The number of nitrogens with one attached hydrogen (secondary N) is 1. The third kappa shape index (κ3) is 3.24. The largest absolute Gasteiger partial charge is 0.366 e. The van der Waals surface area contributed by atoms with Crippen LogP contribution < -0.4 is 11.1 Å². The number of halogens is 1. The zero-order chi connectivity index (χ0) is 14.7. The molecule has 0 aromatic heterocycles. The second-order valence-corrected chi connectivity index (χ2v) is 5.24. The van der Waals surface area contributed by atoms with E-state index in [4.69, 9.17) is 5.73 Å². The number of rotatable bonds is 3. The number of anilines is 1. The number of carbonyl (C=O) groups is 2. The van der Waals surface area contributed by atoms with Gasteiger partial charge in [0.25, 0.3) is 5.91 Å². The average molecular weight is 333 g/mol. The van der Waals surface area contributed by atoms with E-state index in [9.17, 15) is 9.59 Å². The van der Waals surface area contributed by atoms with Gasteiger partial charge in [0.15, 0.2) is 0 Å². The van der Waals surface area contributed by atoms with Crippen molar-refractivity contribution >= 4 is 33.4 Å². The highest BCUT2D eigenvalue weighted by Crippen LogP contribution is 2.24. The van der Waals surface area contributed by atoms with Gasteiger partial charge in [-0.25, -0.2) is 0 Å². The third-order valence-electron chi connectivity index (χ3n) is 2.78. The molecule has 0 saturated heterocycles. The Morgan fingerprint density at radius 2 is 1.80 bits per heavy atom. The van der Waals surface area contributed by atoms with Crippen molar-refractivity contribution in [3.8, 4) is 0 Å². The Morgan fingerprint density at radius 3 is 2.45 bits per heavy atom. The van der Waals surface area contributed by atoms with Crippen LogP contribution in [0.15, 0.2) is 46.9 Å². The highest BCUT2D eigenvalue weighted by molar-refractivity contribution is 9.10. The molecule has 2 rings (SSSR count). The standard InChI is InChI=1S/C15H13BrN2O2/c1-9-5-6-13(12(16)7-9)18-15(20)11-4-2-3-10(8-11)14(17)19/h2-8H,1H3,(H2,17,19)(H,18,20). The Hall–Kier alpha value is -2.14. The Morgan fingerprint density at radius 1 is 1.10 bits per heavy atom. The smallest absolute Gasteiger partial charge is 0.255 e. The molecule has 0 bridgehead atoms. The third-order valence-corrected chi connectivity index (χ3v) is 3.44. The molecule has 0 aliphatic rings. The van der Waals surface area contributed by atoms with Gasteiger partial charge >= 0.3 is 0 Å². The average Bonchev–Trinajstić information content (AvgIpc) is 2.42. The van der Waals surface area contributed by atoms with E-state index in [0.29, 0.717) is 16.8 Å². The summed E-state index contributed by atoms with van der Waals surface area (Å²) in [6.45, 7) is 1.96. The lowest BCUT2D eigenvalue weighted by molar-refractivity contribution is 0.1000. The van der Waals surface area contributed by atoms with E-state index in [1.165, 1.54) is 6.07 Å². The van der Waals surface area contributed by atoms with Crippen LogP contribution in [0.25, 0.3) is 0 Å². The summed E-state index contributed by atoms with van der Waals surface area (Å²) >= 11 is 3.40. The predicted octanol–water partition coefficient (Wildman–Crippen LogP) is 3.11. The number of aryl methyl sites for hydroxylation is 1. The molecule has 4 nitrogen and oxygen atoms in total. The highest BCUT2D eigenvalue weighted by Gasteiger charge is 2.10. The van der Waals surface area contributed by atoms with Crippen molar-refractivity contribution in [1.82, 2.24) is 0 Å². The Labute approximate surface area is 125 Å². The van der Waals surface area contributed by atoms with Crippen molar-refractivity contribution in [2.75, 3.05) is 5.32 Å². The first-order valence-corrected chi connectivity index (χ1v) is 6.74. The molecule has 0 radical (unpaired) electrons. The fraction of sp³-hybridized carbons (Fsp3) is 0.0667. The second kappa shape index (κ2) is 5.88. The molecule has 0 aliphatic carbocycles. The van der Waals surface area contributed by atoms with Crippen LogP contribution in [0.2, 0.25) is 0 Å². The van der Waals surface area contributed by atoms with Crippen LogP contribution in [0, 0.1) is 6.92 Å². The SMILES string of the molecule is Cc1ccc(NC(=O)c2cccc(C(N)=O)c2)c(Br)c1. The first kappa shape index (κ1) is 14.3. The quantitative estimate of drug-likeness (QED) is 0.906. The summed E-state index contributed by atoms with van der Waals surface area (Å²) < 4.78 is 0.803. The lowest BCUT2D eigenvalue weighted by Crippen LogP contribution is -2.15. The molecule has 0 aliphatic heterocycles. The molecular formula is C15H13BrN2O2. The van der Waals surface area contributed by atoms with Gasteiger partial charge in [0.2, 0.25) is 5.91 Å². The van der Waals surface area contributed by atoms with Gasteiger partial charge in [-0.3, -0.25) is 9.59 Å². The molecule has 0 fully saturated rings. The van der Waals surface area contributed by atoms with Crippen molar-refractivity contribution in [3.05, 3.63) is 63.6 Å². The highest BCUT2D eigenvalue weighted by atomic mass is 79.9. The molecule has 0 unspecified atom stereocenters. The van der Waals surface area contributed by atoms with Gasteiger partial charge in [-0.1, -0.05) is 12.1 Å². The molecule has 0 spiro atoms. The number of amides is 2. The zero-order valence-corrected chi connectivity index (χ0v) is 12.4. The first-order chi connectivity index (χ1) is 9.47. The minimum absolute atomic E-state index is 0.294. The molecule has 2 amide bonds. The lowest BCUT2D eigenvalue weighted by atomic mass is 10.1. The Kier molecular flexibility index (Phi) is 4.20. The van der Waals surface area contributed by atoms with Crippen LogP contribution >= 0.6 is 15.9 Å². The molecule has 5 heteroatoms. The van der Waals surface area contributed by atoms with E-state index in [1.807, 2.05) is 25.1 Å². The number of primary amides is 1. The monoisotopic (exact) mass is 332 g/mol. The molecule has 20 heavy (non-hydrogen) atoms. The van der Waals surface area contributed by atoms with Crippen LogP contribution in [-0.4, -0.2) is 11.8 Å². The van der Waals surface area contributed by atoms with Crippen LogP contribution in [0.1, 0.15) is 26.3 Å². The minimum atomic E-state index is -0.559. The lowest BCUT2D eigenvalue weighted by Gasteiger charge is -2.08. The summed E-state index contributed by atoms with van der Waals surface area (Å²) in [7, 11) is 0. The molecular weight excluding hydrogens is 320 g/mol. The molecule has 3 N–H and O–H groups in total. The van der Waals surface area contributed by atoms with Gasteiger partial charge in [0.05, 0.1) is 5.69 Å². The van der Waals surface area contributed by atoms with Crippen LogP contribution in [0.4, 0.5) is 5.69 Å². The molecule has 102 valence electrons. The maximum absolute atomic E-state index is 12.1. The van der Waals surface area contributed by atoms with Crippen LogP contribution in [0.3, 0.4) is 0 Å². The minimum Gasteiger partial charge on any atom is -0.366 e. The maximum atomic E-state index is 12.1. The number of nitrogens with two attached hydrogens (primary N) is 1. The van der Waals surface area contributed by atoms with E-state index in [0.717, 1.165) is 10.0 Å². The van der Waals surface area contributed by atoms with Gasteiger partial charge in [-0.15, -0.1) is 0 Å². The first-order valence-electron chi connectivity index (χ1n) is 5.95. The second-order valence-electron chi connectivity index (χ2n) is 4.38. The Balaban J connectivity index is 2.24. The number of benzene rings is 2. The van der Waals surface area contributed by atoms with Gasteiger partial charge in [0, 0.05) is 15.6 Å². The molecule has 0 heterocycles. The van der Waals surface area contributed by atoms with Crippen LogP contribution in [-0.2, 0) is 0 Å². The zero-order valence-electron chi connectivity index (χ0n) is 10.8. The topological polar surface area (TPSA) is 72.2 Å². The van der Waals surface area contributed by atoms with Gasteiger partial charge in [-0.2, -0.15) is 0 Å². The summed E-state index contributed by atoms with van der Waals surface area (Å²) in [6.07, 6.45) is 0. The maximum Gasteiger partial charge on any atom is 0.255 e. The van der Waals surface area contributed by atoms with Crippen molar-refractivity contribution in [2.45, 2.75) is 6.92 Å². The normalized spacial score (nSPS) is 10.1. The summed E-state index contributed by atoms with van der Waals surface area (Å²) in [5.41, 5.74) is 7.65. The van der Waals surface area contributed by atoms with Gasteiger partial charge < -0.3 is 11.1 Å². The van der Waals surface area contributed by atoms with Crippen molar-refractivity contribution in [1.29, 1.82) is 0 Å². The predicted molar refractivity (Wildman–Crippen MR) is 81.8 cm³/mol. The number of hydrogen-bond acceptors (Lipinski definition) is 2. The van der Waals surface area contributed by atoms with E-state index >= 15 is 0 Å². The van der Waals surface area contributed by atoms with Crippen LogP contribution in [0.5, 0.6) is 0 Å². The summed E-state index contributed by atoms with van der Waals surface area (Å²) in [4.78, 5) is 23.3. The van der Waals surface area contributed by atoms with Gasteiger partial charge in [0.1, 0.15) is 0 Å². The van der Waals surface area contributed by atoms with Crippen molar-refractivity contribution in [3.63, 3.8) is 0 Å². The van der Waals surface area contributed by atoms with Crippen molar-refractivity contribution in [2.24, 2.45) is 5.73 Å². The van der Waals surface area contributed by atoms with Crippen molar-refractivity contribution < 1.29 is 9.59 Å². The fourth-order valence-electron chi connectivity index (χ4n) is 1.73. The molecule has 2 aromatic rings. The number of carbonyl (C=O) groups excluding carboxylic acids is 2. The molecule has 0 saturated carbocycles. The van der Waals surface area contributed by atoms with E-state index in [-0.39, 0.29) is 5.91 Å². The summed E-state index contributed by atoms with van der Waals surface area (Å²) in [5.74, 6) is -0.853.